The average Bonchev–Trinajstić information content (AvgIpc) is 3.43. The van der Waals surface area contributed by atoms with Crippen molar-refractivity contribution in [2.75, 3.05) is 0 Å². The lowest BCUT2D eigenvalue weighted by Gasteiger charge is -2.09. The minimum Gasteiger partial charge on any atom is -0.245 e. The second kappa shape index (κ2) is 9.38. The zero-order valence-corrected chi connectivity index (χ0v) is 22.7. The molecule has 3 heterocycles. The van der Waals surface area contributed by atoms with Crippen molar-refractivity contribution < 1.29 is 0 Å². The van der Waals surface area contributed by atoms with Gasteiger partial charge in [0.2, 0.25) is 0 Å². The van der Waals surface area contributed by atoms with Crippen LogP contribution >= 0.6 is 11.3 Å². The molecule has 0 radical (unpaired) electrons. The quantitative estimate of drug-likeness (QED) is 0.210. The zero-order valence-electron chi connectivity index (χ0n) is 21.9. The van der Waals surface area contributed by atoms with Gasteiger partial charge < -0.3 is 0 Å². The van der Waals surface area contributed by atoms with Crippen LogP contribution in [0.25, 0.3) is 75.6 Å². The van der Waals surface area contributed by atoms with Crippen molar-refractivity contribution >= 4 is 53.3 Å². The number of rotatable bonds is 3. The average molecular weight is 540 g/mol. The first kappa shape index (κ1) is 23.5. The Morgan fingerprint density at radius 1 is 0.537 bits per heavy atom. The number of aromatic nitrogens is 2. The van der Waals surface area contributed by atoms with Crippen molar-refractivity contribution in [3.63, 3.8) is 0 Å². The zero-order chi connectivity index (χ0) is 27.3. The van der Waals surface area contributed by atoms with Crippen LogP contribution in [0.1, 0.15) is 5.56 Å². The maximum absolute atomic E-state index is 9.47. The number of benzene rings is 5. The Bertz CT molecular complexity index is 2330. The monoisotopic (exact) mass is 539 g/mol. The van der Waals surface area contributed by atoms with Gasteiger partial charge in [-0.2, -0.15) is 5.26 Å². The summed E-state index contributed by atoms with van der Waals surface area (Å²) < 4.78 is 2.46. The van der Waals surface area contributed by atoms with Crippen molar-refractivity contribution in [3.8, 4) is 39.7 Å². The van der Waals surface area contributed by atoms with Crippen LogP contribution in [0.5, 0.6) is 0 Å². The summed E-state index contributed by atoms with van der Waals surface area (Å²) in [5.74, 6) is 0. The summed E-state index contributed by atoms with van der Waals surface area (Å²) in [5.41, 5.74) is 8.68. The van der Waals surface area contributed by atoms with E-state index in [9.17, 15) is 5.26 Å². The molecule has 3 aromatic heterocycles. The summed E-state index contributed by atoms with van der Waals surface area (Å²) in [4.78, 5) is 10.3. The van der Waals surface area contributed by atoms with Gasteiger partial charge in [-0.05, 0) is 53.6 Å². The minimum atomic E-state index is 0.663. The molecule has 3 nitrogen and oxygen atoms in total. The van der Waals surface area contributed by atoms with Gasteiger partial charge in [0, 0.05) is 42.1 Å². The standard InChI is InChI=1S/C37H21N3S/c38-22-23-6-4-9-27(20-23)29-10-5-11-34-35(29)30-21-28(16-19-33(30)41-34)32-18-15-26-13-12-25-14-17-31(24-7-2-1-3-8-24)39-36(25)37(26)40-32/h1-21H. The molecule has 0 N–H and O–H groups in total. The van der Waals surface area contributed by atoms with E-state index in [1.807, 2.05) is 36.4 Å². The molecule has 190 valence electrons. The largest absolute Gasteiger partial charge is 0.245 e. The second-order valence-corrected chi connectivity index (χ2v) is 11.2. The number of fused-ring (bicyclic) bond motifs is 6. The summed E-state index contributed by atoms with van der Waals surface area (Å²) >= 11 is 1.79. The van der Waals surface area contributed by atoms with Crippen LogP contribution in [0.3, 0.4) is 0 Å². The van der Waals surface area contributed by atoms with E-state index in [1.54, 1.807) is 11.3 Å². The van der Waals surface area contributed by atoms with Crippen molar-refractivity contribution in [1.29, 1.82) is 5.26 Å². The Kier molecular flexibility index (Phi) is 5.38. The molecule has 4 heteroatoms. The molecule has 5 aromatic carbocycles. The molecule has 0 aliphatic carbocycles. The summed E-state index contributed by atoms with van der Waals surface area (Å²) in [6.45, 7) is 0. The van der Waals surface area contributed by atoms with Crippen molar-refractivity contribution in [2.45, 2.75) is 0 Å². The summed E-state index contributed by atoms with van der Waals surface area (Å²) in [7, 11) is 0. The second-order valence-electron chi connectivity index (χ2n) is 10.2. The molecule has 0 aliphatic rings. The van der Waals surface area contributed by atoms with E-state index < -0.39 is 0 Å². The molecule has 0 spiro atoms. The van der Waals surface area contributed by atoms with Gasteiger partial charge in [0.05, 0.1) is 34.1 Å². The Morgan fingerprint density at radius 3 is 1.98 bits per heavy atom. The van der Waals surface area contributed by atoms with Crippen LogP contribution in [0.15, 0.2) is 127 Å². The van der Waals surface area contributed by atoms with Gasteiger partial charge >= 0.3 is 0 Å². The van der Waals surface area contributed by atoms with Crippen LogP contribution in [0.4, 0.5) is 0 Å². The predicted molar refractivity (Wildman–Crippen MR) is 171 cm³/mol. The molecule has 8 aromatic rings. The molecule has 0 bridgehead atoms. The number of thiophene rings is 1. The molecule has 0 aliphatic heterocycles. The van der Waals surface area contributed by atoms with E-state index in [1.165, 1.54) is 20.2 Å². The first-order valence-corrected chi connectivity index (χ1v) is 14.3. The van der Waals surface area contributed by atoms with E-state index >= 15 is 0 Å². The van der Waals surface area contributed by atoms with E-state index in [-0.39, 0.29) is 0 Å². The third kappa shape index (κ3) is 3.95. The van der Waals surface area contributed by atoms with Gasteiger partial charge in [-0.25, -0.2) is 9.97 Å². The Balaban J connectivity index is 1.32. The minimum absolute atomic E-state index is 0.663. The molecule has 0 saturated heterocycles. The van der Waals surface area contributed by atoms with Gasteiger partial charge in [0.25, 0.3) is 0 Å². The van der Waals surface area contributed by atoms with Gasteiger partial charge in [0.15, 0.2) is 0 Å². The highest BCUT2D eigenvalue weighted by Gasteiger charge is 2.14. The summed E-state index contributed by atoms with van der Waals surface area (Å²) in [5, 5.41) is 14.0. The topological polar surface area (TPSA) is 49.6 Å². The van der Waals surface area contributed by atoms with Crippen molar-refractivity contribution in [2.24, 2.45) is 0 Å². The smallest absolute Gasteiger partial charge is 0.0991 e. The lowest BCUT2D eigenvalue weighted by atomic mass is 9.97. The maximum atomic E-state index is 9.47. The third-order valence-electron chi connectivity index (χ3n) is 7.68. The van der Waals surface area contributed by atoms with Crippen molar-refractivity contribution in [3.05, 3.63) is 133 Å². The molecule has 0 saturated carbocycles. The number of hydrogen-bond donors (Lipinski definition) is 0. The van der Waals surface area contributed by atoms with Crippen molar-refractivity contribution in [1.82, 2.24) is 9.97 Å². The number of hydrogen-bond acceptors (Lipinski definition) is 4. The van der Waals surface area contributed by atoms with Gasteiger partial charge in [-0.3, -0.25) is 0 Å². The lowest BCUT2D eigenvalue weighted by molar-refractivity contribution is 1.37. The van der Waals surface area contributed by atoms with Crippen LogP contribution in [0, 0.1) is 11.3 Å². The molecule has 0 unspecified atom stereocenters. The highest BCUT2D eigenvalue weighted by molar-refractivity contribution is 7.26. The Hall–Kier alpha value is -5.37. The highest BCUT2D eigenvalue weighted by Crippen LogP contribution is 2.41. The fourth-order valence-corrected chi connectivity index (χ4v) is 6.79. The molecule has 8 rings (SSSR count). The summed E-state index contributed by atoms with van der Waals surface area (Å²) in [6.07, 6.45) is 0. The van der Waals surface area contributed by atoms with E-state index in [0.29, 0.717) is 5.56 Å². The first-order chi connectivity index (χ1) is 20.2. The Morgan fingerprint density at radius 2 is 1.22 bits per heavy atom. The van der Waals surface area contributed by atoms with Crippen LogP contribution in [0.2, 0.25) is 0 Å². The van der Waals surface area contributed by atoms with E-state index in [4.69, 9.17) is 9.97 Å². The molecule has 0 atom stereocenters. The fraction of sp³-hybridized carbons (Fsp3) is 0. The number of nitriles is 1. The van der Waals surface area contributed by atoms with Gasteiger partial charge in [0.1, 0.15) is 0 Å². The lowest BCUT2D eigenvalue weighted by Crippen LogP contribution is -1.91. The molecule has 0 fully saturated rings. The fourth-order valence-electron chi connectivity index (χ4n) is 5.68. The summed E-state index contributed by atoms with van der Waals surface area (Å²) in [6, 6.07) is 46.1. The normalized spacial score (nSPS) is 11.4. The molecule has 0 amide bonds. The van der Waals surface area contributed by atoms with Crippen LogP contribution < -0.4 is 0 Å². The van der Waals surface area contributed by atoms with Crippen LogP contribution in [-0.4, -0.2) is 9.97 Å². The van der Waals surface area contributed by atoms with E-state index in [2.05, 4.69) is 97.1 Å². The predicted octanol–water partition coefficient (Wildman–Crippen LogP) is 10.0. The van der Waals surface area contributed by atoms with Gasteiger partial charge in [-0.15, -0.1) is 11.3 Å². The molecular formula is C37H21N3S. The highest BCUT2D eigenvalue weighted by atomic mass is 32.1. The number of pyridine rings is 2. The Labute approximate surface area is 240 Å². The van der Waals surface area contributed by atoms with Crippen LogP contribution in [-0.2, 0) is 0 Å². The number of nitrogens with zero attached hydrogens (tertiary/aromatic N) is 3. The third-order valence-corrected chi connectivity index (χ3v) is 8.82. The first-order valence-electron chi connectivity index (χ1n) is 13.5. The van der Waals surface area contributed by atoms with Gasteiger partial charge in [-0.1, -0.05) is 84.9 Å². The maximum Gasteiger partial charge on any atom is 0.0991 e. The SMILES string of the molecule is N#Cc1cccc(-c2cccc3sc4ccc(-c5ccc6ccc7ccc(-c8ccccc8)nc7c6n5)cc4c23)c1. The van der Waals surface area contributed by atoms with E-state index in [0.717, 1.165) is 55.4 Å². The molecular weight excluding hydrogens is 518 g/mol. The molecule has 41 heavy (non-hydrogen) atoms.